The average Bonchev–Trinajstić information content (AvgIpc) is 3.41. The fourth-order valence-corrected chi connectivity index (χ4v) is 9.35. The number of nitrogens with one attached hydrogen (secondary N) is 1. The Morgan fingerprint density at radius 2 is 1.86 bits per heavy atom. The Labute approximate surface area is 218 Å². The molecule has 0 saturated carbocycles. The molecule has 4 nitrogen and oxygen atoms in total. The van der Waals surface area contributed by atoms with Crippen molar-refractivity contribution >= 4 is 10.9 Å². The standard InChI is InChI=1S/C33H34N2O2/c1-31-30-24(23-12-6-7-13-25(23)34-30)20-32(16-8-11-21-9-4-3-5-10-21)27-19-22-14-15-26(36)29(37-31)28(22)33(31,32)17-18-35(27)2/h3-7,9-10,12-15,27,34,36H,8,11,16-20H2,1-2H3/t27-,31-,32-,33-/m0/s1. The second-order valence-corrected chi connectivity index (χ2v) is 12.1. The molecule has 0 unspecified atom stereocenters. The van der Waals surface area contributed by atoms with Crippen molar-refractivity contribution in [1.29, 1.82) is 0 Å². The van der Waals surface area contributed by atoms with Crippen molar-refractivity contribution in [3.8, 4) is 11.5 Å². The third kappa shape index (κ3) is 2.48. The van der Waals surface area contributed by atoms with Crippen LogP contribution in [0.5, 0.6) is 11.5 Å². The largest absolute Gasteiger partial charge is 0.504 e. The molecule has 1 saturated heterocycles. The van der Waals surface area contributed by atoms with Crippen LogP contribution in [0.3, 0.4) is 0 Å². The summed E-state index contributed by atoms with van der Waals surface area (Å²) in [4.78, 5) is 6.48. The Hall–Kier alpha value is -3.24. The molecule has 4 heteroatoms. The molecule has 0 amide bonds. The van der Waals surface area contributed by atoms with E-state index >= 15 is 0 Å². The van der Waals surface area contributed by atoms with Gasteiger partial charge in [-0.15, -0.1) is 0 Å². The summed E-state index contributed by atoms with van der Waals surface area (Å²) in [7, 11) is 2.33. The zero-order valence-corrected chi connectivity index (χ0v) is 21.7. The van der Waals surface area contributed by atoms with Crippen molar-refractivity contribution in [1.82, 2.24) is 9.88 Å². The van der Waals surface area contributed by atoms with E-state index in [1.165, 1.54) is 38.9 Å². The van der Waals surface area contributed by atoms with Gasteiger partial charge in [-0.3, -0.25) is 0 Å². The number of phenols is 1. The monoisotopic (exact) mass is 490 g/mol. The van der Waals surface area contributed by atoms with Gasteiger partial charge in [0.05, 0.1) is 11.1 Å². The van der Waals surface area contributed by atoms with Crippen LogP contribution in [0.15, 0.2) is 66.7 Å². The van der Waals surface area contributed by atoms with Crippen molar-refractivity contribution in [3.63, 3.8) is 0 Å². The minimum absolute atomic E-state index is 0.0214. The zero-order valence-electron chi connectivity index (χ0n) is 21.7. The second-order valence-electron chi connectivity index (χ2n) is 12.1. The van der Waals surface area contributed by atoms with Crippen molar-refractivity contribution in [2.24, 2.45) is 5.41 Å². The molecule has 1 aromatic heterocycles. The minimum atomic E-state index is -0.553. The Morgan fingerprint density at radius 3 is 2.73 bits per heavy atom. The van der Waals surface area contributed by atoms with Gasteiger partial charge in [-0.25, -0.2) is 0 Å². The van der Waals surface area contributed by atoms with Gasteiger partial charge in [-0.1, -0.05) is 54.6 Å². The number of piperidine rings is 1. The Balaban J connectivity index is 1.39. The van der Waals surface area contributed by atoms with Crippen LogP contribution in [0.2, 0.25) is 0 Å². The van der Waals surface area contributed by atoms with Gasteiger partial charge in [0.15, 0.2) is 17.1 Å². The van der Waals surface area contributed by atoms with Crippen LogP contribution in [-0.2, 0) is 30.3 Å². The van der Waals surface area contributed by atoms with E-state index in [0.717, 1.165) is 50.8 Å². The minimum Gasteiger partial charge on any atom is -0.504 e. The molecule has 4 aromatic rings. The van der Waals surface area contributed by atoms with Crippen LogP contribution in [0.25, 0.3) is 10.9 Å². The van der Waals surface area contributed by atoms with Crippen LogP contribution in [-0.4, -0.2) is 34.6 Å². The molecule has 1 spiro atoms. The number of aromatic amines is 1. The maximum absolute atomic E-state index is 11.1. The molecule has 188 valence electrons. The third-order valence-electron chi connectivity index (χ3n) is 10.8. The number of hydrogen-bond acceptors (Lipinski definition) is 3. The quantitative estimate of drug-likeness (QED) is 0.356. The van der Waals surface area contributed by atoms with Gasteiger partial charge in [-0.2, -0.15) is 0 Å². The summed E-state index contributed by atoms with van der Waals surface area (Å²) >= 11 is 0. The number of ether oxygens (including phenoxy) is 1. The zero-order chi connectivity index (χ0) is 25.0. The first-order chi connectivity index (χ1) is 18.0. The highest BCUT2D eigenvalue weighted by atomic mass is 16.5. The molecule has 2 N–H and O–H groups in total. The van der Waals surface area contributed by atoms with Gasteiger partial charge in [0.25, 0.3) is 0 Å². The first kappa shape index (κ1) is 21.8. The molecule has 0 radical (unpaired) electrons. The molecule has 2 aliphatic heterocycles. The number of phenolic OH excluding ortho intramolecular Hbond substituents is 1. The number of aromatic nitrogens is 1. The number of benzene rings is 3. The first-order valence-electron chi connectivity index (χ1n) is 13.9. The summed E-state index contributed by atoms with van der Waals surface area (Å²) in [6.07, 6.45) is 6.48. The lowest BCUT2D eigenvalue weighted by Crippen LogP contribution is -2.73. The van der Waals surface area contributed by atoms with Gasteiger partial charge in [-0.05, 0) is 87.9 Å². The summed E-state index contributed by atoms with van der Waals surface area (Å²) in [5.74, 6) is 1.03. The first-order valence-corrected chi connectivity index (χ1v) is 13.9. The van der Waals surface area contributed by atoms with E-state index in [1.807, 2.05) is 6.07 Å². The number of aryl methyl sites for hydroxylation is 1. The highest BCUT2D eigenvalue weighted by Crippen LogP contribution is 2.75. The Bertz CT molecular complexity index is 1560. The maximum Gasteiger partial charge on any atom is 0.166 e. The van der Waals surface area contributed by atoms with Gasteiger partial charge in [0, 0.05) is 27.9 Å². The van der Waals surface area contributed by atoms with Gasteiger partial charge in [0.2, 0.25) is 0 Å². The smallest absolute Gasteiger partial charge is 0.166 e. The predicted molar refractivity (Wildman–Crippen MR) is 146 cm³/mol. The maximum atomic E-state index is 11.1. The molecule has 3 heterocycles. The molecule has 4 atom stereocenters. The highest BCUT2D eigenvalue weighted by molar-refractivity contribution is 5.86. The summed E-state index contributed by atoms with van der Waals surface area (Å²) in [5, 5.41) is 12.4. The van der Waals surface area contributed by atoms with E-state index in [2.05, 4.69) is 84.5 Å². The molecule has 4 aliphatic rings. The second kappa shape index (κ2) is 7.20. The summed E-state index contributed by atoms with van der Waals surface area (Å²) in [5.41, 5.74) is 7.21. The highest BCUT2D eigenvalue weighted by Gasteiger charge is 2.76. The van der Waals surface area contributed by atoms with E-state index in [9.17, 15) is 5.11 Å². The number of likely N-dealkylation sites (tertiary alicyclic amines) is 1. The molecule has 37 heavy (non-hydrogen) atoms. The van der Waals surface area contributed by atoms with Crippen LogP contribution in [0.1, 0.15) is 54.1 Å². The lowest BCUT2D eigenvalue weighted by atomic mass is 9.39. The molecule has 1 fully saturated rings. The average molecular weight is 491 g/mol. The molecular formula is C33H34N2O2. The lowest BCUT2D eigenvalue weighted by molar-refractivity contribution is -0.148. The molecule has 8 rings (SSSR count). The Morgan fingerprint density at radius 1 is 1.05 bits per heavy atom. The third-order valence-corrected chi connectivity index (χ3v) is 10.8. The number of H-pyrrole nitrogens is 1. The molecule has 2 aliphatic carbocycles. The van der Waals surface area contributed by atoms with Crippen molar-refractivity contribution < 1.29 is 9.84 Å². The van der Waals surface area contributed by atoms with Gasteiger partial charge in [0.1, 0.15) is 0 Å². The van der Waals surface area contributed by atoms with Crippen molar-refractivity contribution in [2.75, 3.05) is 13.6 Å². The van der Waals surface area contributed by atoms with Crippen LogP contribution in [0.4, 0.5) is 0 Å². The molecule has 3 aromatic carbocycles. The van der Waals surface area contributed by atoms with E-state index in [4.69, 9.17) is 4.74 Å². The van der Waals surface area contributed by atoms with Crippen LogP contribution < -0.4 is 4.74 Å². The van der Waals surface area contributed by atoms with Crippen molar-refractivity contribution in [2.45, 2.75) is 62.5 Å². The number of likely N-dealkylation sites (N-methyl/N-ethyl adjacent to an activating group) is 1. The van der Waals surface area contributed by atoms with Gasteiger partial charge >= 0.3 is 0 Å². The van der Waals surface area contributed by atoms with Crippen LogP contribution >= 0.6 is 0 Å². The van der Waals surface area contributed by atoms with Gasteiger partial charge < -0.3 is 19.7 Å². The van der Waals surface area contributed by atoms with E-state index in [1.54, 1.807) is 0 Å². The summed E-state index contributed by atoms with van der Waals surface area (Å²) in [6.45, 7) is 3.37. The Kier molecular flexibility index (Phi) is 4.24. The van der Waals surface area contributed by atoms with Crippen LogP contribution in [0, 0.1) is 5.41 Å². The topological polar surface area (TPSA) is 48.5 Å². The van der Waals surface area contributed by atoms with E-state index < -0.39 is 5.60 Å². The number of rotatable bonds is 4. The summed E-state index contributed by atoms with van der Waals surface area (Å²) < 4.78 is 7.08. The fraction of sp³-hybridized carbons (Fsp3) is 0.394. The SMILES string of the molecule is CN1CC[C@]23c4c5ccc(O)c4O[C@@]2(C)c2[nH]c4ccccc4c2C[C@@]3(CCCc2ccccc2)[C@@H]1C5. The number of aromatic hydroxyl groups is 1. The molecule has 2 bridgehead atoms. The fourth-order valence-electron chi connectivity index (χ4n) is 9.35. The van der Waals surface area contributed by atoms with E-state index in [0.29, 0.717) is 6.04 Å². The summed E-state index contributed by atoms with van der Waals surface area (Å²) in [6, 6.07) is 24.2. The number of hydrogen-bond donors (Lipinski definition) is 2. The number of para-hydroxylation sites is 1. The van der Waals surface area contributed by atoms with Crippen molar-refractivity contribution in [3.05, 3.63) is 94.7 Å². The van der Waals surface area contributed by atoms with E-state index in [-0.39, 0.29) is 16.6 Å². The lowest BCUT2D eigenvalue weighted by Gasteiger charge is -2.67. The number of nitrogens with zero attached hydrogens (tertiary/aromatic N) is 1. The predicted octanol–water partition coefficient (Wildman–Crippen LogP) is 6.24. The number of fused-ring (bicyclic) bond motifs is 4. The molecular weight excluding hydrogens is 456 g/mol. The normalized spacial score (nSPS) is 31.1.